The van der Waals surface area contributed by atoms with Crippen LogP contribution in [0.2, 0.25) is 4.68 Å². The molecule has 4 rings (SSSR count). The second kappa shape index (κ2) is 18.0. The van der Waals surface area contributed by atoms with E-state index in [-0.39, 0.29) is 6.71 Å². The summed E-state index contributed by atoms with van der Waals surface area (Å²) >= 11 is -2.70. The Balaban J connectivity index is 0.000000317. The minimum atomic E-state index is -2.70. The number of allylic oxidation sites excluding steroid dienone is 4. The topological polar surface area (TPSA) is 12.0 Å². The van der Waals surface area contributed by atoms with E-state index in [4.69, 9.17) is 0 Å². The summed E-state index contributed by atoms with van der Waals surface area (Å²) in [5.41, 5.74) is 7.40. The van der Waals surface area contributed by atoms with E-state index in [1.165, 1.54) is 69.0 Å². The Kier molecular flexibility index (Phi) is 14.8. The third-order valence-electron chi connectivity index (χ3n) is 9.06. The van der Waals surface area contributed by atoms with Crippen LogP contribution in [0, 0.1) is 5.92 Å². The van der Waals surface area contributed by atoms with Crippen LogP contribution in [-0.2, 0) is 19.4 Å². The van der Waals surface area contributed by atoms with Crippen LogP contribution >= 0.6 is 0 Å². The summed E-state index contributed by atoms with van der Waals surface area (Å²) in [5.74, 6) is 0.670. The minimum Gasteiger partial charge on any atom is -0.0622 e. The number of unbranched alkanes of at least 4 members (excludes halogenated alkanes) is 7. The number of benzene rings is 3. The first-order valence-electron chi connectivity index (χ1n) is 16.2. The quantitative estimate of drug-likeness (QED) is 0.129. The van der Waals surface area contributed by atoms with Crippen LogP contribution in [0.25, 0.3) is 11.1 Å². The molecular formula is C38H55HfNSi. The van der Waals surface area contributed by atoms with Gasteiger partial charge in [-0.05, 0) is 11.1 Å². The molecule has 2 unspecified atom stereocenters. The Hall–Kier alpha value is -1.81. The van der Waals surface area contributed by atoms with E-state index in [1.807, 2.05) is 15.5 Å². The molecule has 0 amide bonds. The first-order valence-corrected chi connectivity index (χ1v) is 32.4. The Labute approximate surface area is 258 Å². The fourth-order valence-corrected chi connectivity index (χ4v) is 40.1. The molecule has 0 saturated carbocycles. The summed E-state index contributed by atoms with van der Waals surface area (Å²) in [6.45, 7) is 12.9. The van der Waals surface area contributed by atoms with Crippen molar-refractivity contribution in [3.8, 4) is 11.1 Å². The fourth-order valence-electron chi connectivity index (χ4n) is 6.40. The molecule has 0 aromatic heterocycles. The predicted octanol–water partition coefficient (Wildman–Crippen LogP) is 9.86. The van der Waals surface area contributed by atoms with Crippen molar-refractivity contribution >= 4 is 11.9 Å². The monoisotopic (exact) mass is 733 g/mol. The van der Waals surface area contributed by atoms with E-state index in [9.17, 15) is 0 Å². The van der Waals surface area contributed by atoms with Crippen molar-refractivity contribution in [1.82, 2.24) is 3.30 Å². The molecule has 3 aromatic rings. The van der Waals surface area contributed by atoms with Crippen molar-refractivity contribution in [1.29, 1.82) is 0 Å². The largest absolute Gasteiger partial charge is 0.0622 e. The van der Waals surface area contributed by atoms with Crippen LogP contribution in [0.3, 0.4) is 0 Å². The van der Waals surface area contributed by atoms with Crippen molar-refractivity contribution < 1.29 is 19.4 Å². The standard InChI is InChI=1S/C12H10.C10H22N.C9H13.C6H7Si.CH3.Hf/c1-3-7-11(8-4-1)12-9-5-2-6-10-12;1-2-3-4-5-6-7-8-9-10-11;1-6-5-7(2)9(4)8(6)3;7-6-4-2-1-3-5-6;;/h1-10H;11H,2-10H2,1H3;6H,1-4H3;1-5H,7H2;1H3;/q;-1;;;;+1. The zero-order chi connectivity index (χ0) is 29.5. The predicted molar refractivity (Wildman–Crippen MR) is 183 cm³/mol. The van der Waals surface area contributed by atoms with Gasteiger partial charge in [0.25, 0.3) is 0 Å². The smallest absolute Gasteiger partial charge is 0.0184 e. The van der Waals surface area contributed by atoms with Gasteiger partial charge in [0.1, 0.15) is 0 Å². The van der Waals surface area contributed by atoms with Gasteiger partial charge < -0.3 is 0 Å². The molecule has 220 valence electrons. The first-order chi connectivity index (χ1) is 19.9. The van der Waals surface area contributed by atoms with Gasteiger partial charge in [0.2, 0.25) is 0 Å². The number of nitrogens with one attached hydrogen (secondary N) is 1. The number of hydrogen-bond donors (Lipinski definition) is 1. The molecular weight excluding hydrogens is 677 g/mol. The van der Waals surface area contributed by atoms with Gasteiger partial charge in [0.15, 0.2) is 0 Å². The Morgan fingerprint density at radius 3 is 1.56 bits per heavy atom. The molecule has 1 N–H and O–H groups in total. The maximum atomic E-state index is 4.30. The molecule has 0 fully saturated rings. The zero-order valence-corrected chi connectivity index (χ0v) is 31.8. The molecule has 3 aromatic carbocycles. The number of rotatable bonds is 14. The molecule has 1 nitrogen and oxygen atoms in total. The van der Waals surface area contributed by atoms with E-state index in [0.29, 0.717) is 5.92 Å². The average Bonchev–Trinajstić information content (AvgIpc) is 3.20. The van der Waals surface area contributed by atoms with Crippen molar-refractivity contribution in [2.75, 3.05) is 6.54 Å². The Morgan fingerprint density at radius 2 is 1.10 bits per heavy atom. The van der Waals surface area contributed by atoms with Crippen molar-refractivity contribution in [2.45, 2.75) is 90.7 Å². The third-order valence-corrected chi connectivity index (χ3v) is 38.7. The van der Waals surface area contributed by atoms with Gasteiger partial charge in [0, 0.05) is 0 Å². The summed E-state index contributed by atoms with van der Waals surface area (Å²) in [4.78, 5) is 0. The molecule has 2 atom stereocenters. The SMILES string of the molecule is CCCCCCCCCC[NH][Hf]([CH3])([SiH2]c1ccccc1)[C]1=C(C)C(C)=C(C)C1C.c1ccc(-c2ccccc2)cc1. The molecule has 1 aliphatic rings. The molecule has 1 aliphatic carbocycles. The molecule has 0 saturated heterocycles. The van der Waals surface area contributed by atoms with Crippen LogP contribution in [0.15, 0.2) is 111 Å². The van der Waals surface area contributed by atoms with E-state index in [2.05, 4.69) is 121 Å². The second-order valence-electron chi connectivity index (χ2n) is 12.2. The van der Waals surface area contributed by atoms with Crippen LogP contribution in [0.5, 0.6) is 0 Å². The van der Waals surface area contributed by atoms with Gasteiger partial charge in [-0.2, -0.15) is 0 Å². The molecule has 3 heteroatoms. The average molecular weight is 732 g/mol. The molecule has 0 spiro atoms. The molecule has 0 bridgehead atoms. The summed E-state index contributed by atoms with van der Waals surface area (Å²) in [6, 6.07) is 32.2. The van der Waals surface area contributed by atoms with Gasteiger partial charge in [-0.15, -0.1) is 0 Å². The molecule has 41 heavy (non-hydrogen) atoms. The van der Waals surface area contributed by atoms with E-state index >= 15 is 0 Å². The molecule has 0 aliphatic heterocycles. The van der Waals surface area contributed by atoms with E-state index in [1.54, 1.807) is 21.9 Å². The van der Waals surface area contributed by atoms with E-state index < -0.39 is 19.4 Å². The normalized spacial score (nSPS) is 16.7. The van der Waals surface area contributed by atoms with Crippen LogP contribution < -0.4 is 8.49 Å². The van der Waals surface area contributed by atoms with Crippen molar-refractivity contribution in [3.63, 3.8) is 0 Å². The van der Waals surface area contributed by atoms with E-state index in [0.717, 1.165) is 0 Å². The fraction of sp³-hybridized carbons (Fsp3) is 0.421. The van der Waals surface area contributed by atoms with Gasteiger partial charge in [0.05, 0.1) is 0 Å². The first kappa shape index (κ1) is 33.7. The van der Waals surface area contributed by atoms with Gasteiger partial charge in [-0.25, -0.2) is 0 Å². The number of hydrogen-bond acceptors (Lipinski definition) is 1. The Morgan fingerprint density at radius 1 is 0.634 bits per heavy atom. The van der Waals surface area contributed by atoms with Crippen molar-refractivity contribution in [3.05, 3.63) is 111 Å². The second-order valence-corrected chi connectivity index (χ2v) is 41.5. The summed E-state index contributed by atoms with van der Waals surface area (Å²) in [7, 11) is 0. The molecule has 0 heterocycles. The maximum absolute atomic E-state index is 4.30. The zero-order valence-electron chi connectivity index (χ0n) is 26.8. The van der Waals surface area contributed by atoms with Crippen molar-refractivity contribution in [2.24, 2.45) is 5.92 Å². The third kappa shape index (κ3) is 10.4. The summed E-state index contributed by atoms with van der Waals surface area (Å²) in [6.07, 6.45) is 11.3. The van der Waals surface area contributed by atoms with Crippen LogP contribution in [0.1, 0.15) is 86.0 Å². The summed E-state index contributed by atoms with van der Waals surface area (Å²) < 4.78 is 8.91. The maximum Gasteiger partial charge on any atom is -0.0184 e. The van der Waals surface area contributed by atoms with Gasteiger partial charge in [-0.3, -0.25) is 0 Å². The van der Waals surface area contributed by atoms with Gasteiger partial charge >= 0.3 is 188 Å². The van der Waals surface area contributed by atoms with Crippen LogP contribution in [0.4, 0.5) is 0 Å². The Bertz CT molecular complexity index is 1180. The minimum absolute atomic E-state index is 0.259. The van der Waals surface area contributed by atoms with Crippen LogP contribution in [-0.4, -0.2) is 13.3 Å². The molecule has 0 radical (unpaired) electrons. The van der Waals surface area contributed by atoms with Gasteiger partial charge in [-0.1, -0.05) is 60.7 Å². The summed E-state index contributed by atoms with van der Waals surface area (Å²) in [5, 5.41) is 1.66.